The Hall–Kier alpha value is -0.630. The predicted molar refractivity (Wildman–Crippen MR) is 72.2 cm³/mol. The molecule has 0 aliphatic carbocycles. The maximum Gasteiger partial charge on any atom is 0.105 e. The molecule has 1 aromatic heterocycles. The fourth-order valence-electron chi connectivity index (χ4n) is 1.70. The second-order valence-electron chi connectivity index (χ2n) is 3.85. The van der Waals surface area contributed by atoms with Gasteiger partial charge in [-0.25, -0.2) is 0 Å². The van der Waals surface area contributed by atoms with Crippen molar-refractivity contribution in [1.82, 2.24) is 0 Å². The molecule has 2 rings (SSSR count). The van der Waals surface area contributed by atoms with Gasteiger partial charge in [-0.2, -0.15) is 0 Å². The first kappa shape index (κ1) is 12.8. The van der Waals surface area contributed by atoms with E-state index in [0.717, 1.165) is 16.9 Å². The van der Waals surface area contributed by atoms with E-state index in [2.05, 4.69) is 0 Å². The van der Waals surface area contributed by atoms with E-state index in [9.17, 15) is 0 Å². The normalized spacial score (nSPS) is 12.7. The first-order chi connectivity index (χ1) is 8.08. The molecule has 1 aromatic carbocycles. The van der Waals surface area contributed by atoms with Gasteiger partial charge < -0.3 is 4.42 Å². The van der Waals surface area contributed by atoms with Crippen LogP contribution in [0.25, 0.3) is 0 Å². The largest absolute Gasteiger partial charge is 0.469 e. The summed E-state index contributed by atoms with van der Waals surface area (Å²) < 4.78 is 5.23. The van der Waals surface area contributed by atoms with Crippen LogP contribution in [0.1, 0.15) is 22.3 Å². The van der Waals surface area contributed by atoms with Crippen molar-refractivity contribution < 1.29 is 4.42 Å². The van der Waals surface area contributed by atoms with E-state index in [0.29, 0.717) is 16.5 Å². The monoisotopic (exact) mass is 288 g/mol. The summed E-state index contributed by atoms with van der Waals surface area (Å²) in [6, 6.07) is 7.45. The average molecular weight is 290 g/mol. The molecule has 17 heavy (non-hydrogen) atoms. The smallest absolute Gasteiger partial charge is 0.105 e. The molecule has 0 spiro atoms. The second-order valence-corrected chi connectivity index (χ2v) is 5.19. The van der Waals surface area contributed by atoms with E-state index in [-0.39, 0.29) is 5.38 Å². The summed E-state index contributed by atoms with van der Waals surface area (Å²) in [6.45, 7) is 1.90. The van der Waals surface area contributed by atoms with E-state index in [4.69, 9.17) is 39.2 Å². The molecular formula is C13H11Cl3O. The summed E-state index contributed by atoms with van der Waals surface area (Å²) in [5.74, 6) is 0.852. The Bertz CT molecular complexity index is 519. The van der Waals surface area contributed by atoms with Crippen molar-refractivity contribution >= 4 is 34.8 Å². The molecule has 0 saturated carbocycles. The summed E-state index contributed by atoms with van der Waals surface area (Å²) in [6.07, 6.45) is 2.34. The van der Waals surface area contributed by atoms with E-state index in [1.54, 1.807) is 12.3 Å². The van der Waals surface area contributed by atoms with Gasteiger partial charge in [0.05, 0.1) is 21.7 Å². The quantitative estimate of drug-likeness (QED) is 0.688. The SMILES string of the molecule is Cc1occc1C(Cl)Cc1ccc(Cl)c(Cl)c1. The molecule has 2 aromatic rings. The van der Waals surface area contributed by atoms with Crippen molar-refractivity contribution in [2.24, 2.45) is 0 Å². The number of rotatable bonds is 3. The number of alkyl halides is 1. The highest BCUT2D eigenvalue weighted by atomic mass is 35.5. The number of aryl methyl sites for hydroxylation is 1. The average Bonchev–Trinajstić information content (AvgIpc) is 2.70. The van der Waals surface area contributed by atoms with Crippen molar-refractivity contribution in [3.8, 4) is 0 Å². The molecule has 0 radical (unpaired) electrons. The van der Waals surface area contributed by atoms with Crippen LogP contribution in [0.4, 0.5) is 0 Å². The van der Waals surface area contributed by atoms with Crippen LogP contribution < -0.4 is 0 Å². The Balaban J connectivity index is 2.16. The molecule has 0 amide bonds. The number of hydrogen-bond donors (Lipinski definition) is 0. The highest BCUT2D eigenvalue weighted by Crippen LogP contribution is 2.30. The van der Waals surface area contributed by atoms with Crippen molar-refractivity contribution in [2.75, 3.05) is 0 Å². The minimum Gasteiger partial charge on any atom is -0.469 e. The van der Waals surface area contributed by atoms with Crippen molar-refractivity contribution in [3.05, 3.63) is 57.5 Å². The molecule has 1 heterocycles. The molecule has 0 aliphatic heterocycles. The Morgan fingerprint density at radius 2 is 1.94 bits per heavy atom. The molecule has 1 unspecified atom stereocenters. The fourth-order valence-corrected chi connectivity index (χ4v) is 2.43. The molecular weight excluding hydrogens is 279 g/mol. The van der Waals surface area contributed by atoms with Crippen LogP contribution in [0.5, 0.6) is 0 Å². The van der Waals surface area contributed by atoms with E-state index >= 15 is 0 Å². The van der Waals surface area contributed by atoms with Gasteiger partial charge in [-0.15, -0.1) is 11.6 Å². The molecule has 0 bridgehead atoms. The van der Waals surface area contributed by atoms with Crippen LogP contribution in [0.2, 0.25) is 10.0 Å². The van der Waals surface area contributed by atoms with Gasteiger partial charge in [-0.05, 0) is 37.1 Å². The third kappa shape index (κ3) is 2.98. The van der Waals surface area contributed by atoms with Crippen molar-refractivity contribution in [3.63, 3.8) is 0 Å². The minimum atomic E-state index is -0.119. The van der Waals surface area contributed by atoms with Gasteiger partial charge in [0.25, 0.3) is 0 Å². The van der Waals surface area contributed by atoms with E-state index in [1.807, 2.05) is 25.1 Å². The lowest BCUT2D eigenvalue weighted by Crippen LogP contribution is -1.96. The van der Waals surface area contributed by atoms with Gasteiger partial charge in [0.15, 0.2) is 0 Å². The lowest BCUT2D eigenvalue weighted by molar-refractivity contribution is 0.529. The highest BCUT2D eigenvalue weighted by molar-refractivity contribution is 6.42. The number of halogens is 3. The van der Waals surface area contributed by atoms with Crippen LogP contribution in [0.15, 0.2) is 34.9 Å². The number of hydrogen-bond acceptors (Lipinski definition) is 1. The summed E-state index contributed by atoms with van der Waals surface area (Å²) >= 11 is 18.2. The maximum atomic E-state index is 6.34. The zero-order valence-electron chi connectivity index (χ0n) is 9.21. The van der Waals surface area contributed by atoms with Crippen molar-refractivity contribution in [2.45, 2.75) is 18.7 Å². The van der Waals surface area contributed by atoms with E-state index in [1.165, 1.54) is 0 Å². The predicted octanol–water partition coefficient (Wildman–Crippen LogP) is 5.42. The Morgan fingerprint density at radius 1 is 1.18 bits per heavy atom. The Kier molecular flexibility index (Phi) is 4.03. The van der Waals surface area contributed by atoms with Crippen LogP contribution >= 0.6 is 34.8 Å². The highest BCUT2D eigenvalue weighted by Gasteiger charge is 2.14. The lowest BCUT2D eigenvalue weighted by Gasteiger charge is -2.09. The molecule has 0 aliphatic rings. The standard InChI is InChI=1S/C13H11Cl3O/c1-8-10(4-5-17-8)12(15)6-9-2-3-11(14)13(16)7-9/h2-5,7,12H,6H2,1H3. The van der Waals surface area contributed by atoms with Crippen molar-refractivity contribution in [1.29, 1.82) is 0 Å². The van der Waals surface area contributed by atoms with Crippen LogP contribution in [-0.2, 0) is 6.42 Å². The molecule has 0 saturated heterocycles. The van der Waals surface area contributed by atoms with Gasteiger partial charge in [0, 0.05) is 5.56 Å². The van der Waals surface area contributed by atoms with Crippen LogP contribution in [-0.4, -0.2) is 0 Å². The van der Waals surface area contributed by atoms with Gasteiger partial charge >= 0.3 is 0 Å². The van der Waals surface area contributed by atoms with Gasteiger partial charge in [0.1, 0.15) is 5.76 Å². The molecule has 0 fully saturated rings. The summed E-state index contributed by atoms with van der Waals surface area (Å²) in [5, 5.41) is 0.990. The number of benzene rings is 1. The maximum absolute atomic E-state index is 6.34. The van der Waals surface area contributed by atoms with Gasteiger partial charge in [-0.3, -0.25) is 0 Å². The lowest BCUT2D eigenvalue weighted by atomic mass is 10.0. The zero-order valence-corrected chi connectivity index (χ0v) is 11.5. The number of furan rings is 1. The molecule has 90 valence electrons. The second kappa shape index (κ2) is 5.34. The zero-order chi connectivity index (χ0) is 12.4. The Labute approximate surface area is 115 Å². The topological polar surface area (TPSA) is 13.1 Å². The minimum absolute atomic E-state index is 0.119. The van der Waals surface area contributed by atoms with Crippen LogP contribution in [0.3, 0.4) is 0 Å². The summed E-state index contributed by atoms with van der Waals surface area (Å²) in [4.78, 5) is 0. The molecule has 0 N–H and O–H groups in total. The summed E-state index contributed by atoms with van der Waals surface area (Å²) in [7, 11) is 0. The van der Waals surface area contributed by atoms with Gasteiger partial charge in [-0.1, -0.05) is 29.3 Å². The van der Waals surface area contributed by atoms with Crippen LogP contribution in [0, 0.1) is 6.92 Å². The first-order valence-corrected chi connectivity index (χ1v) is 6.39. The third-order valence-electron chi connectivity index (χ3n) is 2.64. The van der Waals surface area contributed by atoms with E-state index < -0.39 is 0 Å². The molecule has 1 nitrogen and oxygen atoms in total. The fraction of sp³-hybridized carbons (Fsp3) is 0.231. The Morgan fingerprint density at radius 3 is 2.53 bits per heavy atom. The first-order valence-electron chi connectivity index (χ1n) is 5.20. The molecule has 1 atom stereocenters. The molecule has 4 heteroatoms. The summed E-state index contributed by atoms with van der Waals surface area (Å²) in [5.41, 5.74) is 2.07. The van der Waals surface area contributed by atoms with Gasteiger partial charge in [0.2, 0.25) is 0 Å². The third-order valence-corrected chi connectivity index (χ3v) is 3.76.